The number of rotatable bonds is 5. The zero-order valence-corrected chi connectivity index (χ0v) is 14.3. The van der Waals surface area contributed by atoms with Crippen molar-refractivity contribution in [2.24, 2.45) is 0 Å². The van der Waals surface area contributed by atoms with Crippen LogP contribution in [0.25, 0.3) is 0 Å². The molecule has 1 aliphatic rings. The average molecular weight is 335 g/mol. The van der Waals surface area contributed by atoms with Crippen molar-refractivity contribution < 1.29 is 14.6 Å². The molecule has 2 aromatic carbocycles. The van der Waals surface area contributed by atoms with Crippen LogP contribution in [0.5, 0.6) is 5.75 Å². The van der Waals surface area contributed by atoms with Crippen LogP contribution in [0.4, 0.5) is 0 Å². The monoisotopic (exact) mass is 335 g/mol. The molecule has 0 saturated heterocycles. The first-order valence-electron chi connectivity index (χ1n) is 8.21. The number of aliphatic carboxylic acids is 1. The van der Waals surface area contributed by atoms with Crippen LogP contribution in [-0.4, -0.2) is 11.1 Å². The Hall–Kier alpha value is -3.01. The van der Waals surface area contributed by atoms with Gasteiger partial charge in [-0.1, -0.05) is 54.6 Å². The zero-order chi connectivity index (χ0) is 17.8. The third kappa shape index (κ3) is 3.74. The van der Waals surface area contributed by atoms with Gasteiger partial charge in [0, 0.05) is 22.9 Å². The maximum atomic E-state index is 11.8. The van der Waals surface area contributed by atoms with Crippen LogP contribution in [0.15, 0.2) is 77.6 Å². The van der Waals surface area contributed by atoms with E-state index in [9.17, 15) is 9.90 Å². The minimum Gasteiger partial charge on any atom is -0.489 e. The van der Waals surface area contributed by atoms with E-state index in [0.29, 0.717) is 23.6 Å². The van der Waals surface area contributed by atoms with Gasteiger partial charge in [-0.2, -0.15) is 0 Å². The molecular weight excluding hydrogens is 314 g/mol. The molecular formula is C21H21NO3. The molecule has 25 heavy (non-hydrogen) atoms. The lowest BCUT2D eigenvalue weighted by atomic mass is 9.86. The Morgan fingerprint density at radius 2 is 1.76 bits per heavy atom. The van der Waals surface area contributed by atoms with Crippen molar-refractivity contribution in [3.63, 3.8) is 0 Å². The topological polar surface area (TPSA) is 58.6 Å². The largest absolute Gasteiger partial charge is 0.489 e. The number of allylic oxidation sites excluding steroid dienone is 3. The summed E-state index contributed by atoms with van der Waals surface area (Å²) in [6.45, 7) is 4.17. The summed E-state index contributed by atoms with van der Waals surface area (Å²) in [5.74, 6) is -0.559. The van der Waals surface area contributed by atoms with Crippen LogP contribution in [0, 0.1) is 0 Å². The molecule has 0 fully saturated rings. The fourth-order valence-electron chi connectivity index (χ4n) is 3.11. The third-order valence-electron chi connectivity index (χ3n) is 4.24. The SMILES string of the molecule is CC1=CC(c2ccccc2OCc2ccccc2)C(C(=O)O)=C(C)N1. The molecule has 0 radical (unpaired) electrons. The van der Waals surface area contributed by atoms with Crippen LogP contribution in [0.1, 0.15) is 30.9 Å². The highest BCUT2D eigenvalue weighted by Crippen LogP contribution is 2.37. The van der Waals surface area contributed by atoms with Crippen molar-refractivity contribution in [2.75, 3.05) is 0 Å². The second-order valence-electron chi connectivity index (χ2n) is 6.11. The molecule has 1 unspecified atom stereocenters. The Bertz CT molecular complexity index is 837. The Balaban J connectivity index is 1.94. The van der Waals surface area contributed by atoms with E-state index in [2.05, 4.69) is 5.32 Å². The molecule has 0 aliphatic carbocycles. The van der Waals surface area contributed by atoms with Crippen LogP contribution in [-0.2, 0) is 11.4 Å². The third-order valence-corrected chi connectivity index (χ3v) is 4.24. The molecule has 0 saturated carbocycles. The first-order valence-corrected chi connectivity index (χ1v) is 8.21. The van der Waals surface area contributed by atoms with Gasteiger partial charge in [-0.25, -0.2) is 4.79 Å². The van der Waals surface area contributed by atoms with Gasteiger partial charge in [-0.3, -0.25) is 0 Å². The van der Waals surface area contributed by atoms with Gasteiger partial charge >= 0.3 is 5.97 Å². The van der Waals surface area contributed by atoms with Crippen LogP contribution < -0.4 is 10.1 Å². The summed E-state index contributed by atoms with van der Waals surface area (Å²) in [5, 5.41) is 12.8. The van der Waals surface area contributed by atoms with Crippen LogP contribution >= 0.6 is 0 Å². The molecule has 2 aromatic rings. The summed E-state index contributed by atoms with van der Waals surface area (Å²) < 4.78 is 6.01. The highest BCUT2D eigenvalue weighted by Gasteiger charge is 2.28. The molecule has 2 N–H and O–H groups in total. The lowest BCUT2D eigenvalue weighted by Crippen LogP contribution is -2.24. The van der Waals surface area contributed by atoms with E-state index in [1.54, 1.807) is 6.92 Å². The quantitative estimate of drug-likeness (QED) is 0.859. The molecule has 0 spiro atoms. The Kier molecular flexibility index (Phi) is 4.89. The van der Waals surface area contributed by atoms with Gasteiger partial charge in [0.1, 0.15) is 12.4 Å². The van der Waals surface area contributed by atoms with E-state index in [-0.39, 0.29) is 5.92 Å². The molecule has 0 bridgehead atoms. The number of ether oxygens (including phenoxy) is 1. The van der Waals surface area contributed by atoms with Gasteiger partial charge in [0.25, 0.3) is 0 Å². The summed E-state index contributed by atoms with van der Waals surface area (Å²) in [7, 11) is 0. The van der Waals surface area contributed by atoms with Gasteiger partial charge in [-0.15, -0.1) is 0 Å². The van der Waals surface area contributed by atoms with Crippen molar-refractivity contribution in [3.8, 4) is 5.75 Å². The number of benzene rings is 2. The van der Waals surface area contributed by atoms with Crippen LogP contribution in [0.3, 0.4) is 0 Å². The number of nitrogens with one attached hydrogen (secondary N) is 1. The minimum absolute atomic E-state index is 0.342. The van der Waals surface area contributed by atoms with E-state index in [1.807, 2.05) is 67.6 Å². The molecule has 1 atom stereocenters. The molecule has 4 heteroatoms. The van der Waals surface area contributed by atoms with E-state index < -0.39 is 5.97 Å². The lowest BCUT2D eigenvalue weighted by Gasteiger charge is -2.26. The smallest absolute Gasteiger partial charge is 0.334 e. The van der Waals surface area contributed by atoms with Crippen molar-refractivity contribution in [1.29, 1.82) is 0 Å². The molecule has 0 amide bonds. The molecule has 128 valence electrons. The number of hydrogen-bond donors (Lipinski definition) is 2. The first-order chi connectivity index (χ1) is 12.1. The zero-order valence-electron chi connectivity index (χ0n) is 14.3. The van der Waals surface area contributed by atoms with Gasteiger partial charge in [0.05, 0.1) is 5.57 Å². The van der Waals surface area contributed by atoms with Crippen LogP contribution in [0.2, 0.25) is 0 Å². The fourth-order valence-corrected chi connectivity index (χ4v) is 3.11. The number of carboxylic acid groups (broad SMARTS) is 1. The summed E-state index contributed by atoms with van der Waals surface area (Å²) in [6, 6.07) is 17.5. The maximum absolute atomic E-state index is 11.8. The Morgan fingerprint density at radius 3 is 2.48 bits per heavy atom. The number of carbonyl (C=O) groups is 1. The van der Waals surface area contributed by atoms with Gasteiger partial charge in [-0.05, 0) is 25.5 Å². The molecule has 0 aromatic heterocycles. The molecule has 4 nitrogen and oxygen atoms in total. The normalized spacial score (nSPS) is 16.9. The van der Waals surface area contributed by atoms with E-state index in [0.717, 1.165) is 16.8 Å². The number of hydrogen-bond acceptors (Lipinski definition) is 3. The summed E-state index contributed by atoms with van der Waals surface area (Å²) in [4.78, 5) is 11.8. The summed E-state index contributed by atoms with van der Waals surface area (Å²) in [5.41, 5.74) is 3.87. The van der Waals surface area contributed by atoms with Gasteiger partial charge in [0.2, 0.25) is 0 Å². The van der Waals surface area contributed by atoms with Crippen molar-refractivity contribution in [2.45, 2.75) is 26.4 Å². The van der Waals surface area contributed by atoms with E-state index >= 15 is 0 Å². The second-order valence-corrected chi connectivity index (χ2v) is 6.11. The average Bonchev–Trinajstić information content (AvgIpc) is 2.60. The van der Waals surface area contributed by atoms with Crippen molar-refractivity contribution in [3.05, 3.63) is 88.8 Å². The maximum Gasteiger partial charge on any atom is 0.334 e. The number of para-hydroxylation sites is 1. The van der Waals surface area contributed by atoms with Crippen molar-refractivity contribution in [1.82, 2.24) is 5.32 Å². The molecule has 3 rings (SSSR count). The van der Waals surface area contributed by atoms with Gasteiger partial charge < -0.3 is 15.2 Å². The van der Waals surface area contributed by atoms with Crippen molar-refractivity contribution >= 4 is 5.97 Å². The fraction of sp³-hybridized carbons (Fsp3) is 0.190. The minimum atomic E-state index is -0.920. The first kappa shape index (κ1) is 16.8. The van der Waals surface area contributed by atoms with E-state index in [1.165, 1.54) is 0 Å². The second kappa shape index (κ2) is 7.26. The standard InChI is InChI=1S/C21H21NO3/c1-14-12-18(20(21(23)24)15(2)22-14)17-10-6-7-11-19(17)25-13-16-8-4-3-5-9-16/h3-12,18,22H,13H2,1-2H3,(H,23,24). The lowest BCUT2D eigenvalue weighted by molar-refractivity contribution is -0.133. The highest BCUT2D eigenvalue weighted by atomic mass is 16.5. The molecule has 1 aliphatic heterocycles. The summed E-state index contributed by atoms with van der Waals surface area (Å²) in [6.07, 6.45) is 1.93. The van der Waals surface area contributed by atoms with Gasteiger partial charge in [0.15, 0.2) is 0 Å². The predicted octanol–water partition coefficient (Wildman–Crippen LogP) is 4.21. The summed E-state index contributed by atoms with van der Waals surface area (Å²) >= 11 is 0. The molecule has 1 heterocycles. The Morgan fingerprint density at radius 1 is 1.08 bits per heavy atom. The number of carboxylic acids is 1. The number of dihydropyridines is 1. The predicted molar refractivity (Wildman–Crippen MR) is 97.2 cm³/mol. The Labute approximate surface area is 147 Å². The van der Waals surface area contributed by atoms with E-state index in [4.69, 9.17) is 4.74 Å². The highest BCUT2D eigenvalue weighted by molar-refractivity contribution is 5.90.